The van der Waals surface area contributed by atoms with Gasteiger partial charge in [-0.05, 0) is 6.42 Å². The lowest BCUT2D eigenvalue weighted by Gasteiger charge is -2.18. The monoisotopic (exact) mass is 211 g/mol. The molecule has 1 saturated heterocycles. The summed E-state index contributed by atoms with van der Waals surface area (Å²) in [6, 6.07) is 9.25. The Kier molecular flexibility index (Phi) is 2.48. The summed E-state index contributed by atoms with van der Waals surface area (Å²) >= 11 is 0. The fourth-order valence-electron chi connectivity index (χ4n) is 1.90. The van der Waals surface area contributed by atoms with Crippen molar-refractivity contribution in [2.24, 2.45) is 5.73 Å². The quantitative estimate of drug-likeness (QED) is 0.673. The van der Waals surface area contributed by atoms with E-state index < -0.39 is 19.0 Å². The van der Waals surface area contributed by atoms with Crippen LogP contribution in [0.25, 0.3) is 0 Å². The van der Waals surface area contributed by atoms with E-state index in [0.29, 0.717) is 12.6 Å². The van der Waals surface area contributed by atoms with Gasteiger partial charge in [0.05, 0.1) is 11.9 Å². The second-order valence-electron chi connectivity index (χ2n) is 3.70. The first kappa shape index (κ1) is 9.91. The summed E-state index contributed by atoms with van der Waals surface area (Å²) in [6.45, 7) is 0. The normalized spacial score (nSPS) is 37.3. The molecule has 0 spiro atoms. The molecule has 3 atom stereocenters. The van der Waals surface area contributed by atoms with Gasteiger partial charge in [0, 0.05) is 11.5 Å². The average Bonchev–Trinajstić information content (AvgIpc) is 2.49. The minimum atomic E-state index is -2.54. The van der Waals surface area contributed by atoms with E-state index in [4.69, 9.17) is 5.73 Å². The summed E-state index contributed by atoms with van der Waals surface area (Å²) in [6.07, 6.45) is 0.466. The van der Waals surface area contributed by atoms with E-state index in [-0.39, 0.29) is 0 Å². The molecule has 2 rings (SSSR count). The summed E-state index contributed by atoms with van der Waals surface area (Å²) < 4.78 is 12.5. The third-order valence-electron chi connectivity index (χ3n) is 2.83. The molecule has 0 aliphatic carbocycles. The molecule has 1 aromatic carbocycles. The first-order chi connectivity index (χ1) is 6.64. The van der Waals surface area contributed by atoms with Gasteiger partial charge in [-0.3, -0.25) is 0 Å². The topological polar surface area (TPSA) is 63.3 Å². The largest absolute Gasteiger partial charge is 0.391 e. The number of hydrogen-bond donors (Lipinski definition) is 2. The summed E-state index contributed by atoms with van der Waals surface area (Å²) in [5, 5.41) is 10.3. The zero-order valence-electron chi connectivity index (χ0n) is 7.84. The zero-order chi connectivity index (χ0) is 10.2. The Bertz CT molecular complexity index is 366. The van der Waals surface area contributed by atoms with Crippen molar-refractivity contribution < 1.29 is 9.67 Å². The highest BCUT2D eigenvalue weighted by Gasteiger charge is 2.42. The van der Waals surface area contributed by atoms with E-state index in [1.54, 1.807) is 0 Å². The van der Waals surface area contributed by atoms with Gasteiger partial charge in [-0.1, -0.05) is 30.3 Å². The van der Waals surface area contributed by atoms with Gasteiger partial charge in [-0.25, -0.2) is 0 Å². The average molecular weight is 211 g/mol. The van der Waals surface area contributed by atoms with Crippen LogP contribution >= 0.6 is 7.14 Å². The molecule has 1 fully saturated rings. The molecular formula is C10H14NO2P. The Labute approximate surface area is 83.3 Å². The van der Waals surface area contributed by atoms with Gasteiger partial charge in [-0.15, -0.1) is 0 Å². The van der Waals surface area contributed by atoms with Crippen LogP contribution in [0.1, 0.15) is 6.42 Å². The van der Waals surface area contributed by atoms with E-state index in [0.717, 1.165) is 5.30 Å². The second-order valence-corrected chi connectivity index (χ2v) is 6.85. The van der Waals surface area contributed by atoms with Crippen molar-refractivity contribution >= 4 is 12.4 Å². The van der Waals surface area contributed by atoms with Crippen LogP contribution in [0.2, 0.25) is 0 Å². The minimum absolute atomic E-state index is 0.527. The molecule has 1 aliphatic rings. The van der Waals surface area contributed by atoms with Crippen molar-refractivity contribution in [3.63, 3.8) is 0 Å². The van der Waals surface area contributed by atoms with Crippen LogP contribution in [0.4, 0.5) is 0 Å². The zero-order valence-corrected chi connectivity index (χ0v) is 8.73. The van der Waals surface area contributed by atoms with Crippen LogP contribution in [0, 0.1) is 0 Å². The Morgan fingerprint density at radius 1 is 1.36 bits per heavy atom. The van der Waals surface area contributed by atoms with Crippen LogP contribution in [0.3, 0.4) is 0 Å². The standard InChI is InChI=1S/C10H14NO2P/c11-10-9(12)6-7-14(10,13)8-4-2-1-3-5-8/h1-5,9-10,12H,6-7,11H2/t9-,10-,14-/m1/s1. The molecule has 0 radical (unpaired) electrons. The molecule has 0 saturated carbocycles. The number of hydrogen-bond acceptors (Lipinski definition) is 3. The Morgan fingerprint density at radius 3 is 2.50 bits per heavy atom. The molecule has 3 nitrogen and oxygen atoms in total. The lowest BCUT2D eigenvalue weighted by Crippen LogP contribution is -2.31. The van der Waals surface area contributed by atoms with Crippen LogP contribution in [0.15, 0.2) is 30.3 Å². The number of nitrogens with two attached hydrogens (primary N) is 1. The smallest absolute Gasteiger partial charge is 0.134 e. The van der Waals surface area contributed by atoms with E-state index in [1.807, 2.05) is 30.3 Å². The molecule has 0 bridgehead atoms. The highest BCUT2D eigenvalue weighted by molar-refractivity contribution is 7.72. The molecule has 0 amide bonds. The number of aliphatic hydroxyl groups is 1. The number of rotatable bonds is 1. The van der Waals surface area contributed by atoms with Crippen LogP contribution in [-0.2, 0) is 4.57 Å². The SMILES string of the molecule is N[C@H]1[C@H](O)CC[P@@]1(=O)c1ccccc1. The Balaban J connectivity index is 2.39. The lowest BCUT2D eigenvalue weighted by molar-refractivity contribution is 0.176. The van der Waals surface area contributed by atoms with Crippen molar-refractivity contribution in [1.29, 1.82) is 0 Å². The third-order valence-corrected chi connectivity index (χ3v) is 6.23. The first-order valence-corrected chi connectivity index (χ1v) is 6.69. The molecular weight excluding hydrogens is 197 g/mol. The number of benzene rings is 1. The molecule has 1 heterocycles. The Morgan fingerprint density at radius 2 is 2.00 bits per heavy atom. The van der Waals surface area contributed by atoms with Crippen LogP contribution < -0.4 is 11.0 Å². The van der Waals surface area contributed by atoms with E-state index in [1.165, 1.54) is 0 Å². The van der Waals surface area contributed by atoms with Gasteiger partial charge >= 0.3 is 0 Å². The summed E-state index contributed by atoms with van der Waals surface area (Å²) in [5.41, 5.74) is 5.78. The molecule has 0 unspecified atom stereocenters. The van der Waals surface area contributed by atoms with Crippen molar-refractivity contribution in [3.05, 3.63) is 30.3 Å². The van der Waals surface area contributed by atoms with Crippen molar-refractivity contribution in [1.82, 2.24) is 0 Å². The molecule has 1 aromatic rings. The maximum atomic E-state index is 12.5. The minimum Gasteiger partial charge on any atom is -0.391 e. The first-order valence-electron chi connectivity index (χ1n) is 4.72. The van der Waals surface area contributed by atoms with Gasteiger partial charge in [-0.2, -0.15) is 0 Å². The Hall–Kier alpha value is -0.630. The van der Waals surface area contributed by atoms with E-state index >= 15 is 0 Å². The predicted octanol–water partition coefficient (Wildman–Crippen LogP) is 0.724. The number of aliphatic hydroxyl groups excluding tert-OH is 1. The summed E-state index contributed by atoms with van der Waals surface area (Å²) in [4.78, 5) is 0. The van der Waals surface area contributed by atoms with Gasteiger partial charge in [0.25, 0.3) is 0 Å². The predicted molar refractivity (Wildman–Crippen MR) is 57.1 cm³/mol. The molecule has 76 valence electrons. The fraction of sp³-hybridized carbons (Fsp3) is 0.400. The van der Waals surface area contributed by atoms with Gasteiger partial charge < -0.3 is 15.4 Å². The van der Waals surface area contributed by atoms with Gasteiger partial charge in [0.1, 0.15) is 7.14 Å². The maximum absolute atomic E-state index is 12.5. The van der Waals surface area contributed by atoms with E-state index in [2.05, 4.69) is 0 Å². The maximum Gasteiger partial charge on any atom is 0.134 e. The summed E-state index contributed by atoms with van der Waals surface area (Å²) in [5.74, 6) is -0.579. The highest BCUT2D eigenvalue weighted by atomic mass is 31.2. The van der Waals surface area contributed by atoms with Crippen LogP contribution in [0.5, 0.6) is 0 Å². The molecule has 3 N–H and O–H groups in total. The molecule has 4 heteroatoms. The van der Waals surface area contributed by atoms with Crippen molar-refractivity contribution in [3.8, 4) is 0 Å². The lowest BCUT2D eigenvalue weighted by atomic mass is 10.3. The highest BCUT2D eigenvalue weighted by Crippen LogP contribution is 2.54. The van der Waals surface area contributed by atoms with Crippen molar-refractivity contribution in [2.45, 2.75) is 18.3 Å². The fourth-order valence-corrected chi connectivity index (χ4v) is 4.83. The summed E-state index contributed by atoms with van der Waals surface area (Å²) in [7, 11) is -2.54. The molecule has 1 aliphatic heterocycles. The van der Waals surface area contributed by atoms with Crippen molar-refractivity contribution in [2.75, 3.05) is 6.16 Å². The molecule has 0 aromatic heterocycles. The van der Waals surface area contributed by atoms with Gasteiger partial charge in [0.15, 0.2) is 0 Å². The molecule has 14 heavy (non-hydrogen) atoms. The van der Waals surface area contributed by atoms with Gasteiger partial charge in [0.2, 0.25) is 0 Å². The van der Waals surface area contributed by atoms with E-state index in [9.17, 15) is 9.67 Å². The second kappa shape index (κ2) is 3.50. The van der Waals surface area contributed by atoms with Crippen LogP contribution in [-0.4, -0.2) is 23.2 Å². The third kappa shape index (κ3) is 1.42.